The summed E-state index contributed by atoms with van der Waals surface area (Å²) in [5.74, 6) is 0.0390. The second-order valence-electron chi connectivity index (χ2n) is 1.77. The second kappa shape index (κ2) is 1.90. The van der Waals surface area contributed by atoms with E-state index in [0.717, 1.165) is 0 Å². The normalized spacial score (nSPS) is 9.60. The second-order valence-corrected chi connectivity index (χ2v) is 1.77. The average Bonchev–Trinajstić information content (AvgIpc) is 1.93. The summed E-state index contributed by atoms with van der Waals surface area (Å²) < 4.78 is 0. The molecule has 0 saturated heterocycles. The molecule has 10 heavy (non-hydrogen) atoms. The number of aromatic nitrogens is 2. The number of nitrogens with two attached hydrogens (primary N) is 3. The molecule has 0 fully saturated rings. The Morgan fingerprint density at radius 3 is 2.30 bits per heavy atom. The van der Waals surface area contributed by atoms with E-state index in [-0.39, 0.29) is 17.2 Å². The lowest BCUT2D eigenvalue weighted by Crippen LogP contribution is -2.17. The molecule has 0 saturated carbocycles. The molecule has 0 aliphatic rings. The highest BCUT2D eigenvalue weighted by Gasteiger charge is 2.02. The van der Waals surface area contributed by atoms with Crippen molar-refractivity contribution in [3.05, 3.63) is 10.4 Å². The van der Waals surface area contributed by atoms with E-state index in [1.807, 2.05) is 0 Å². The largest absolute Gasteiger partial charge is 0.394 e. The van der Waals surface area contributed by atoms with Gasteiger partial charge in [0.15, 0.2) is 5.82 Å². The van der Waals surface area contributed by atoms with Crippen molar-refractivity contribution in [2.45, 2.75) is 0 Å². The van der Waals surface area contributed by atoms with E-state index in [9.17, 15) is 4.79 Å². The fourth-order valence-electron chi connectivity index (χ4n) is 0.492. The summed E-state index contributed by atoms with van der Waals surface area (Å²) in [4.78, 5) is 10.6. The summed E-state index contributed by atoms with van der Waals surface area (Å²) in [6.45, 7) is 0. The van der Waals surface area contributed by atoms with Crippen LogP contribution in [0, 0.1) is 0 Å². The third kappa shape index (κ3) is 0.750. The van der Waals surface area contributed by atoms with Crippen LogP contribution in [0.25, 0.3) is 0 Å². The van der Waals surface area contributed by atoms with Gasteiger partial charge in [-0.2, -0.15) is 5.10 Å². The van der Waals surface area contributed by atoms with Crippen LogP contribution in [0.1, 0.15) is 0 Å². The van der Waals surface area contributed by atoms with E-state index in [2.05, 4.69) is 10.2 Å². The molecule has 54 valence electrons. The summed E-state index contributed by atoms with van der Waals surface area (Å²) in [5, 5.41) is 5.45. The highest BCUT2D eigenvalue weighted by Crippen LogP contribution is 2.12. The molecule has 0 atom stereocenters. The van der Waals surface area contributed by atoms with Crippen molar-refractivity contribution in [3.8, 4) is 0 Å². The number of nitrogens with zero attached hydrogens (tertiary/aromatic N) is 1. The fraction of sp³-hybridized carbons (Fsp3) is 0. The van der Waals surface area contributed by atoms with E-state index in [1.54, 1.807) is 0 Å². The predicted molar refractivity (Wildman–Crippen MR) is 38.1 cm³/mol. The summed E-state index contributed by atoms with van der Waals surface area (Å²) in [7, 11) is 0. The number of nitrogens with one attached hydrogen (secondary N) is 1. The third-order valence-electron chi connectivity index (χ3n) is 1.09. The van der Waals surface area contributed by atoms with Gasteiger partial charge >= 0.3 is 0 Å². The molecule has 1 aromatic rings. The minimum atomic E-state index is -0.522. The summed E-state index contributed by atoms with van der Waals surface area (Å²) in [6, 6.07) is 0. The van der Waals surface area contributed by atoms with E-state index in [0.29, 0.717) is 0 Å². The van der Waals surface area contributed by atoms with Crippen LogP contribution in [0.2, 0.25) is 0 Å². The van der Waals surface area contributed by atoms with Crippen molar-refractivity contribution in [2.75, 3.05) is 17.2 Å². The molecule has 0 unspecified atom stereocenters. The van der Waals surface area contributed by atoms with Crippen LogP contribution in [0.15, 0.2) is 4.79 Å². The van der Waals surface area contributed by atoms with Crippen LogP contribution in [0.3, 0.4) is 0 Å². The predicted octanol–water partition coefficient (Wildman–Crippen LogP) is -1.48. The van der Waals surface area contributed by atoms with Crippen molar-refractivity contribution >= 4 is 17.2 Å². The Morgan fingerprint density at radius 2 is 1.80 bits per heavy atom. The first kappa shape index (κ1) is 6.40. The van der Waals surface area contributed by atoms with Crippen molar-refractivity contribution in [1.29, 1.82) is 0 Å². The van der Waals surface area contributed by atoms with Gasteiger partial charge in [-0.05, 0) is 0 Å². The van der Waals surface area contributed by atoms with Gasteiger partial charge in [-0.3, -0.25) is 4.79 Å². The van der Waals surface area contributed by atoms with Crippen LogP contribution in [-0.4, -0.2) is 10.2 Å². The lowest BCUT2D eigenvalue weighted by Gasteiger charge is -1.98. The van der Waals surface area contributed by atoms with Crippen molar-refractivity contribution in [3.63, 3.8) is 0 Å². The fourth-order valence-corrected chi connectivity index (χ4v) is 0.492. The van der Waals surface area contributed by atoms with Gasteiger partial charge in [-0.15, -0.1) is 0 Å². The highest BCUT2D eigenvalue weighted by atomic mass is 16.1. The molecule has 1 aromatic heterocycles. The molecule has 6 nitrogen and oxygen atoms in total. The Hall–Kier alpha value is -1.72. The lowest BCUT2D eigenvalue weighted by molar-refractivity contribution is 1.01. The minimum absolute atomic E-state index is 0.0313. The zero-order valence-electron chi connectivity index (χ0n) is 5.09. The van der Waals surface area contributed by atoms with Crippen LogP contribution < -0.4 is 22.8 Å². The average molecular weight is 141 g/mol. The first-order valence-corrected chi connectivity index (χ1v) is 2.52. The topological polar surface area (TPSA) is 124 Å². The van der Waals surface area contributed by atoms with Gasteiger partial charge in [0.1, 0.15) is 11.4 Å². The van der Waals surface area contributed by atoms with Gasteiger partial charge in [-0.1, -0.05) is 0 Å². The number of nitrogen functional groups attached to an aromatic ring is 3. The Balaban J connectivity index is 3.49. The zero-order valence-corrected chi connectivity index (χ0v) is 5.09. The number of aromatic amines is 1. The summed E-state index contributed by atoms with van der Waals surface area (Å²) >= 11 is 0. The molecule has 1 rings (SSSR count). The number of hydrogen-bond acceptors (Lipinski definition) is 5. The molecule has 7 N–H and O–H groups in total. The molecule has 0 radical (unpaired) electrons. The molecule has 1 heterocycles. The van der Waals surface area contributed by atoms with Gasteiger partial charge < -0.3 is 17.2 Å². The Kier molecular flexibility index (Phi) is 1.22. The smallest absolute Gasteiger partial charge is 0.289 e. The first-order chi connectivity index (χ1) is 4.63. The third-order valence-corrected chi connectivity index (χ3v) is 1.09. The number of H-pyrrole nitrogens is 1. The molecular weight excluding hydrogens is 134 g/mol. The molecular formula is C4H7N5O. The number of rotatable bonds is 0. The van der Waals surface area contributed by atoms with Gasteiger partial charge in [-0.25, -0.2) is 5.10 Å². The first-order valence-electron chi connectivity index (χ1n) is 2.52. The van der Waals surface area contributed by atoms with Crippen molar-refractivity contribution in [1.82, 2.24) is 10.2 Å². The minimum Gasteiger partial charge on any atom is -0.394 e. The summed E-state index contributed by atoms with van der Waals surface area (Å²) in [6.07, 6.45) is 0. The quantitative estimate of drug-likeness (QED) is 0.350. The zero-order chi connectivity index (χ0) is 7.72. The Labute approximate surface area is 56.0 Å². The molecule has 0 spiro atoms. The number of hydrogen-bond donors (Lipinski definition) is 4. The molecule has 0 aliphatic heterocycles. The SMILES string of the molecule is Nc1n[nH]c(=O)c(N)c1N. The van der Waals surface area contributed by atoms with E-state index < -0.39 is 5.56 Å². The van der Waals surface area contributed by atoms with Gasteiger partial charge in [0.2, 0.25) is 0 Å². The maximum atomic E-state index is 10.6. The van der Waals surface area contributed by atoms with Crippen LogP contribution >= 0.6 is 0 Å². The molecule has 0 aromatic carbocycles. The molecule has 0 amide bonds. The van der Waals surface area contributed by atoms with Gasteiger partial charge in [0.25, 0.3) is 5.56 Å². The van der Waals surface area contributed by atoms with E-state index >= 15 is 0 Å². The highest BCUT2D eigenvalue weighted by molar-refractivity contribution is 5.72. The number of anilines is 3. The van der Waals surface area contributed by atoms with Crippen LogP contribution in [0.5, 0.6) is 0 Å². The Morgan fingerprint density at radius 1 is 1.20 bits per heavy atom. The standard InChI is InChI=1S/C4H7N5O/c5-1-2(6)4(10)9-8-3(1)7/h(H3,5,9,10)(H4,6,7,8). The monoisotopic (exact) mass is 141 g/mol. The molecule has 6 heteroatoms. The lowest BCUT2D eigenvalue weighted by atomic mass is 10.4. The van der Waals surface area contributed by atoms with Crippen molar-refractivity contribution < 1.29 is 0 Å². The maximum Gasteiger partial charge on any atom is 0.289 e. The van der Waals surface area contributed by atoms with Crippen molar-refractivity contribution in [2.24, 2.45) is 0 Å². The van der Waals surface area contributed by atoms with Gasteiger partial charge in [0.05, 0.1) is 0 Å². The van der Waals surface area contributed by atoms with E-state index in [1.165, 1.54) is 0 Å². The van der Waals surface area contributed by atoms with Gasteiger partial charge in [0, 0.05) is 0 Å². The van der Waals surface area contributed by atoms with E-state index in [4.69, 9.17) is 17.2 Å². The van der Waals surface area contributed by atoms with Crippen LogP contribution in [-0.2, 0) is 0 Å². The summed E-state index contributed by atoms with van der Waals surface area (Å²) in [5.41, 5.74) is 15.1. The maximum absolute atomic E-state index is 10.6. The molecule has 0 aliphatic carbocycles. The van der Waals surface area contributed by atoms with Crippen LogP contribution in [0.4, 0.5) is 17.2 Å². The Bertz CT molecular complexity index is 303. The molecule has 0 bridgehead atoms.